The van der Waals surface area contributed by atoms with Crippen LogP contribution in [-0.2, 0) is 0 Å². The Morgan fingerprint density at radius 2 is 2.21 bits per heavy atom. The quantitative estimate of drug-likeness (QED) is 0.740. The van der Waals surface area contributed by atoms with Crippen LogP contribution >= 0.6 is 0 Å². The number of benzene rings is 1. The second-order valence-corrected chi connectivity index (χ2v) is 2.55. The van der Waals surface area contributed by atoms with E-state index in [4.69, 9.17) is 4.74 Å². The van der Waals surface area contributed by atoms with Gasteiger partial charge in [0, 0.05) is 13.1 Å². The zero-order chi connectivity index (χ0) is 10.6. The molecular weight excluding hydrogens is 184 g/mol. The molecular formula is C9H10N2O3. The summed E-state index contributed by atoms with van der Waals surface area (Å²) in [5.74, 6) is 0.0701. The molecule has 5 heteroatoms. The van der Waals surface area contributed by atoms with E-state index in [1.165, 1.54) is 32.4 Å². The second kappa shape index (κ2) is 4.36. The SMILES string of the molecule is CNC(=O)c1ccc(N=O)cc1OC. The number of nitroso groups, excluding NO2 is 1. The van der Waals surface area contributed by atoms with E-state index in [1.54, 1.807) is 0 Å². The van der Waals surface area contributed by atoms with Gasteiger partial charge in [-0.05, 0) is 17.3 Å². The average Bonchev–Trinajstić information content (AvgIpc) is 2.27. The van der Waals surface area contributed by atoms with Crippen LogP contribution < -0.4 is 10.1 Å². The number of carbonyl (C=O) groups excluding carboxylic acids is 1. The van der Waals surface area contributed by atoms with Crippen molar-refractivity contribution < 1.29 is 9.53 Å². The molecule has 0 saturated carbocycles. The molecule has 0 fully saturated rings. The van der Waals surface area contributed by atoms with Crippen LogP contribution in [0.2, 0.25) is 0 Å². The summed E-state index contributed by atoms with van der Waals surface area (Å²) in [4.78, 5) is 21.5. The highest BCUT2D eigenvalue weighted by Gasteiger charge is 2.10. The van der Waals surface area contributed by atoms with Gasteiger partial charge in [-0.25, -0.2) is 0 Å². The standard InChI is InChI=1S/C9H10N2O3/c1-10-9(12)7-4-3-6(11-13)5-8(7)14-2/h3-5H,1-2H3,(H,10,12). The number of ether oxygens (including phenoxy) is 1. The third-order valence-electron chi connectivity index (χ3n) is 1.76. The number of methoxy groups -OCH3 is 1. The summed E-state index contributed by atoms with van der Waals surface area (Å²) in [5.41, 5.74) is 0.608. The first-order valence-electron chi connectivity index (χ1n) is 3.96. The minimum atomic E-state index is -0.265. The molecule has 0 aliphatic carbocycles. The summed E-state index contributed by atoms with van der Waals surface area (Å²) in [5, 5.41) is 5.21. The summed E-state index contributed by atoms with van der Waals surface area (Å²) < 4.78 is 4.95. The highest BCUT2D eigenvalue weighted by molar-refractivity contribution is 5.97. The van der Waals surface area contributed by atoms with Crippen molar-refractivity contribution in [3.05, 3.63) is 28.7 Å². The van der Waals surface area contributed by atoms with Crippen molar-refractivity contribution in [1.29, 1.82) is 0 Å². The number of hydrogen-bond acceptors (Lipinski definition) is 4. The molecule has 1 aromatic rings. The summed E-state index contributed by atoms with van der Waals surface area (Å²) in [6.45, 7) is 0. The molecule has 5 nitrogen and oxygen atoms in total. The van der Waals surface area contributed by atoms with Crippen molar-refractivity contribution >= 4 is 11.6 Å². The van der Waals surface area contributed by atoms with Gasteiger partial charge >= 0.3 is 0 Å². The van der Waals surface area contributed by atoms with Crippen LogP contribution in [0.5, 0.6) is 5.75 Å². The summed E-state index contributed by atoms with van der Waals surface area (Å²) in [6, 6.07) is 4.37. The molecule has 0 heterocycles. The van der Waals surface area contributed by atoms with E-state index in [-0.39, 0.29) is 11.6 Å². The van der Waals surface area contributed by atoms with Gasteiger partial charge in [-0.15, -0.1) is 4.91 Å². The molecule has 14 heavy (non-hydrogen) atoms. The van der Waals surface area contributed by atoms with E-state index in [2.05, 4.69) is 10.5 Å². The fourth-order valence-electron chi connectivity index (χ4n) is 1.06. The predicted molar refractivity (Wildman–Crippen MR) is 51.8 cm³/mol. The van der Waals surface area contributed by atoms with Gasteiger partial charge in [0.15, 0.2) is 0 Å². The van der Waals surface area contributed by atoms with Gasteiger partial charge in [0.1, 0.15) is 11.4 Å². The molecule has 1 rings (SSSR count). The van der Waals surface area contributed by atoms with Crippen molar-refractivity contribution in [3.8, 4) is 5.75 Å². The lowest BCUT2D eigenvalue weighted by molar-refractivity contribution is 0.0960. The van der Waals surface area contributed by atoms with E-state index in [9.17, 15) is 9.70 Å². The Morgan fingerprint density at radius 3 is 2.71 bits per heavy atom. The van der Waals surface area contributed by atoms with E-state index < -0.39 is 0 Å². The smallest absolute Gasteiger partial charge is 0.254 e. The third-order valence-corrected chi connectivity index (χ3v) is 1.76. The molecule has 1 amide bonds. The number of hydrogen-bond donors (Lipinski definition) is 1. The molecule has 74 valence electrons. The lowest BCUT2D eigenvalue weighted by Crippen LogP contribution is -2.18. The lowest BCUT2D eigenvalue weighted by atomic mass is 10.1. The zero-order valence-corrected chi connectivity index (χ0v) is 7.90. The lowest BCUT2D eigenvalue weighted by Gasteiger charge is -2.06. The molecule has 0 unspecified atom stereocenters. The fourth-order valence-corrected chi connectivity index (χ4v) is 1.06. The Hall–Kier alpha value is -1.91. The topological polar surface area (TPSA) is 67.8 Å². The monoisotopic (exact) mass is 194 g/mol. The molecule has 0 saturated heterocycles. The van der Waals surface area contributed by atoms with Gasteiger partial charge in [0.25, 0.3) is 5.91 Å². The average molecular weight is 194 g/mol. The molecule has 0 radical (unpaired) electrons. The first kappa shape index (κ1) is 10.2. The zero-order valence-electron chi connectivity index (χ0n) is 7.90. The van der Waals surface area contributed by atoms with Crippen LogP contribution in [0.15, 0.2) is 23.4 Å². The van der Waals surface area contributed by atoms with Crippen molar-refractivity contribution in [2.24, 2.45) is 5.18 Å². The van der Waals surface area contributed by atoms with Crippen molar-refractivity contribution in [3.63, 3.8) is 0 Å². The van der Waals surface area contributed by atoms with Crippen molar-refractivity contribution in [2.45, 2.75) is 0 Å². The highest BCUT2D eigenvalue weighted by Crippen LogP contribution is 2.24. The highest BCUT2D eigenvalue weighted by atomic mass is 16.5. The van der Waals surface area contributed by atoms with E-state index in [1.807, 2.05) is 0 Å². The normalized spacial score (nSPS) is 9.29. The fraction of sp³-hybridized carbons (Fsp3) is 0.222. The Kier molecular flexibility index (Phi) is 3.17. The summed E-state index contributed by atoms with van der Waals surface area (Å²) >= 11 is 0. The molecule has 0 aromatic heterocycles. The Labute approximate surface area is 81.0 Å². The first-order valence-corrected chi connectivity index (χ1v) is 3.96. The van der Waals surface area contributed by atoms with Gasteiger partial charge in [0.2, 0.25) is 0 Å². The molecule has 0 spiro atoms. The Bertz CT molecular complexity index is 363. The van der Waals surface area contributed by atoms with E-state index in [0.29, 0.717) is 11.3 Å². The van der Waals surface area contributed by atoms with Crippen LogP contribution in [0, 0.1) is 4.91 Å². The maximum atomic E-state index is 11.3. The molecule has 0 atom stereocenters. The Balaban J connectivity index is 3.17. The van der Waals surface area contributed by atoms with Gasteiger partial charge in [-0.2, -0.15) is 0 Å². The largest absolute Gasteiger partial charge is 0.496 e. The van der Waals surface area contributed by atoms with E-state index in [0.717, 1.165) is 0 Å². The minimum absolute atomic E-state index is 0.231. The second-order valence-electron chi connectivity index (χ2n) is 2.55. The summed E-state index contributed by atoms with van der Waals surface area (Å²) in [6.07, 6.45) is 0. The number of nitrogens with one attached hydrogen (secondary N) is 1. The van der Waals surface area contributed by atoms with Crippen LogP contribution in [0.25, 0.3) is 0 Å². The van der Waals surface area contributed by atoms with E-state index >= 15 is 0 Å². The van der Waals surface area contributed by atoms with Gasteiger partial charge in [-0.1, -0.05) is 0 Å². The minimum Gasteiger partial charge on any atom is -0.496 e. The maximum Gasteiger partial charge on any atom is 0.254 e. The third kappa shape index (κ3) is 1.87. The molecule has 0 aliphatic rings. The molecule has 1 N–H and O–H groups in total. The van der Waals surface area contributed by atoms with Crippen LogP contribution in [0.1, 0.15) is 10.4 Å². The van der Waals surface area contributed by atoms with Crippen LogP contribution in [-0.4, -0.2) is 20.1 Å². The number of carbonyl (C=O) groups is 1. The molecule has 0 bridgehead atoms. The molecule has 0 aliphatic heterocycles. The van der Waals surface area contributed by atoms with Gasteiger partial charge < -0.3 is 10.1 Å². The summed E-state index contributed by atoms with van der Waals surface area (Å²) in [7, 11) is 2.95. The van der Waals surface area contributed by atoms with Crippen LogP contribution in [0.3, 0.4) is 0 Å². The maximum absolute atomic E-state index is 11.3. The first-order chi connectivity index (χ1) is 6.72. The van der Waals surface area contributed by atoms with Crippen LogP contribution in [0.4, 0.5) is 5.69 Å². The Morgan fingerprint density at radius 1 is 1.50 bits per heavy atom. The predicted octanol–water partition coefficient (Wildman–Crippen LogP) is 1.45. The number of nitrogens with zero attached hydrogens (tertiary/aromatic N) is 1. The van der Waals surface area contributed by atoms with Gasteiger partial charge in [0.05, 0.1) is 12.7 Å². The van der Waals surface area contributed by atoms with Gasteiger partial charge in [-0.3, -0.25) is 4.79 Å². The number of rotatable bonds is 3. The molecule has 1 aromatic carbocycles. The van der Waals surface area contributed by atoms with Crippen molar-refractivity contribution in [2.75, 3.05) is 14.2 Å². The van der Waals surface area contributed by atoms with Crippen molar-refractivity contribution in [1.82, 2.24) is 5.32 Å². The number of amides is 1.